The number of carbonyl (C=O) groups is 1. The van der Waals surface area contributed by atoms with Gasteiger partial charge in [0.15, 0.2) is 11.5 Å². The van der Waals surface area contributed by atoms with Crippen LogP contribution in [-0.2, 0) is 17.6 Å². The Balaban J connectivity index is 1.80. The van der Waals surface area contributed by atoms with Gasteiger partial charge in [0.2, 0.25) is 5.91 Å². The van der Waals surface area contributed by atoms with Crippen molar-refractivity contribution in [2.45, 2.75) is 19.3 Å². The van der Waals surface area contributed by atoms with Crippen molar-refractivity contribution in [2.75, 3.05) is 27.9 Å². The van der Waals surface area contributed by atoms with Gasteiger partial charge in [-0.2, -0.15) is 0 Å². The number of halogens is 1. The summed E-state index contributed by atoms with van der Waals surface area (Å²) in [6, 6.07) is 11.6. The van der Waals surface area contributed by atoms with Gasteiger partial charge in [0.25, 0.3) is 0 Å². The molecule has 1 N–H and O–H groups in total. The molecule has 0 fully saturated rings. The molecule has 0 heterocycles. The van der Waals surface area contributed by atoms with Crippen LogP contribution in [-0.4, -0.2) is 33.8 Å². The van der Waals surface area contributed by atoms with E-state index in [9.17, 15) is 4.79 Å². The van der Waals surface area contributed by atoms with E-state index in [0.717, 1.165) is 21.3 Å². The highest BCUT2D eigenvalue weighted by Gasteiger charge is 2.10. The van der Waals surface area contributed by atoms with Gasteiger partial charge in [-0.05, 0) is 48.2 Å². The number of aryl methyl sites for hydroxylation is 1. The highest BCUT2D eigenvalue weighted by atomic mass is 79.9. The predicted octanol–water partition coefficient (Wildman–Crippen LogP) is 3.77. The van der Waals surface area contributed by atoms with E-state index in [4.69, 9.17) is 14.2 Å². The topological polar surface area (TPSA) is 56.8 Å². The van der Waals surface area contributed by atoms with Gasteiger partial charge in [-0.25, -0.2) is 0 Å². The van der Waals surface area contributed by atoms with Gasteiger partial charge >= 0.3 is 0 Å². The second-order valence-electron chi connectivity index (χ2n) is 5.75. The van der Waals surface area contributed by atoms with Gasteiger partial charge in [0.1, 0.15) is 5.75 Å². The standard InChI is InChI=1S/C20H24BrNO4/c1-24-16-7-4-14(5-8-16)6-9-20(23)22-11-10-15-12-18(25-2)19(26-3)13-17(15)21/h4-5,7-8,12-13H,6,9-11H2,1-3H3,(H,22,23). The molecule has 0 saturated heterocycles. The lowest BCUT2D eigenvalue weighted by Crippen LogP contribution is -2.26. The molecule has 0 aliphatic carbocycles. The first-order valence-electron chi connectivity index (χ1n) is 8.37. The zero-order chi connectivity index (χ0) is 18.9. The molecule has 0 radical (unpaired) electrons. The zero-order valence-corrected chi connectivity index (χ0v) is 16.9. The van der Waals surface area contributed by atoms with Gasteiger partial charge in [-0.3, -0.25) is 4.79 Å². The maximum absolute atomic E-state index is 12.0. The largest absolute Gasteiger partial charge is 0.497 e. The summed E-state index contributed by atoms with van der Waals surface area (Å²) in [6.45, 7) is 0.565. The van der Waals surface area contributed by atoms with E-state index < -0.39 is 0 Å². The van der Waals surface area contributed by atoms with Crippen LogP contribution in [0.4, 0.5) is 0 Å². The molecule has 0 aromatic heterocycles. The Bertz CT molecular complexity index is 731. The highest BCUT2D eigenvalue weighted by Crippen LogP contribution is 2.33. The molecule has 0 aliphatic heterocycles. The Morgan fingerprint density at radius 3 is 2.23 bits per heavy atom. The summed E-state index contributed by atoms with van der Waals surface area (Å²) >= 11 is 3.53. The fraction of sp³-hybridized carbons (Fsp3) is 0.350. The molecule has 2 aromatic carbocycles. The minimum Gasteiger partial charge on any atom is -0.497 e. The first kappa shape index (κ1) is 20.1. The Kier molecular flexibility index (Phi) is 7.78. The van der Waals surface area contributed by atoms with Crippen LogP contribution in [0.25, 0.3) is 0 Å². The van der Waals surface area contributed by atoms with E-state index >= 15 is 0 Å². The van der Waals surface area contributed by atoms with Crippen molar-refractivity contribution in [3.63, 3.8) is 0 Å². The van der Waals surface area contributed by atoms with E-state index in [0.29, 0.717) is 37.3 Å². The first-order chi connectivity index (χ1) is 12.6. The van der Waals surface area contributed by atoms with Crippen LogP contribution in [0.3, 0.4) is 0 Å². The summed E-state index contributed by atoms with van der Waals surface area (Å²) in [7, 11) is 4.85. The predicted molar refractivity (Wildman–Crippen MR) is 105 cm³/mol. The molecule has 0 spiro atoms. The number of carbonyl (C=O) groups excluding carboxylic acids is 1. The second-order valence-corrected chi connectivity index (χ2v) is 6.60. The van der Waals surface area contributed by atoms with Gasteiger partial charge in [-0.15, -0.1) is 0 Å². The minimum absolute atomic E-state index is 0.0393. The van der Waals surface area contributed by atoms with E-state index in [-0.39, 0.29) is 5.91 Å². The van der Waals surface area contributed by atoms with Crippen LogP contribution in [0.15, 0.2) is 40.9 Å². The maximum Gasteiger partial charge on any atom is 0.220 e. The van der Waals surface area contributed by atoms with Crippen molar-refractivity contribution in [3.05, 3.63) is 52.0 Å². The van der Waals surface area contributed by atoms with Crippen molar-refractivity contribution in [3.8, 4) is 17.2 Å². The number of methoxy groups -OCH3 is 3. The molecule has 2 rings (SSSR count). The lowest BCUT2D eigenvalue weighted by molar-refractivity contribution is -0.121. The van der Waals surface area contributed by atoms with E-state index in [2.05, 4.69) is 21.2 Å². The molecule has 0 unspecified atom stereocenters. The highest BCUT2D eigenvalue weighted by molar-refractivity contribution is 9.10. The van der Waals surface area contributed by atoms with Crippen LogP contribution in [0.5, 0.6) is 17.2 Å². The smallest absolute Gasteiger partial charge is 0.220 e. The average molecular weight is 422 g/mol. The van der Waals surface area contributed by atoms with Crippen LogP contribution in [0, 0.1) is 0 Å². The fourth-order valence-corrected chi connectivity index (χ4v) is 3.08. The summed E-state index contributed by atoms with van der Waals surface area (Å²) in [5.74, 6) is 2.21. The van der Waals surface area contributed by atoms with E-state index in [1.165, 1.54) is 0 Å². The average Bonchev–Trinajstić information content (AvgIpc) is 2.67. The molecule has 26 heavy (non-hydrogen) atoms. The fourth-order valence-electron chi connectivity index (χ4n) is 2.56. The van der Waals surface area contributed by atoms with Crippen molar-refractivity contribution in [1.29, 1.82) is 0 Å². The first-order valence-corrected chi connectivity index (χ1v) is 9.16. The molecule has 140 valence electrons. The normalized spacial score (nSPS) is 10.3. The number of benzene rings is 2. The van der Waals surface area contributed by atoms with Gasteiger partial charge in [0, 0.05) is 17.4 Å². The monoisotopic (exact) mass is 421 g/mol. The second kappa shape index (κ2) is 10.1. The summed E-state index contributed by atoms with van der Waals surface area (Å²) in [5.41, 5.74) is 2.17. The van der Waals surface area contributed by atoms with Crippen LogP contribution in [0.1, 0.15) is 17.5 Å². The maximum atomic E-state index is 12.0. The van der Waals surface area contributed by atoms with E-state index in [1.54, 1.807) is 21.3 Å². The van der Waals surface area contributed by atoms with Crippen molar-refractivity contribution >= 4 is 21.8 Å². The summed E-state index contributed by atoms with van der Waals surface area (Å²) in [4.78, 5) is 12.0. The molecule has 0 bridgehead atoms. The SMILES string of the molecule is COc1ccc(CCC(=O)NCCc2cc(OC)c(OC)cc2Br)cc1. The number of ether oxygens (including phenoxy) is 3. The molecule has 2 aromatic rings. The van der Waals surface area contributed by atoms with Crippen LogP contribution >= 0.6 is 15.9 Å². The molecular weight excluding hydrogens is 398 g/mol. The minimum atomic E-state index is 0.0393. The molecule has 0 aliphatic rings. The quantitative estimate of drug-likeness (QED) is 0.669. The molecule has 5 nitrogen and oxygen atoms in total. The third kappa shape index (κ3) is 5.66. The molecule has 1 amide bonds. The molecular formula is C20H24BrNO4. The number of amides is 1. The zero-order valence-electron chi connectivity index (χ0n) is 15.3. The van der Waals surface area contributed by atoms with Crippen LogP contribution in [0.2, 0.25) is 0 Å². The lowest BCUT2D eigenvalue weighted by atomic mass is 10.1. The Labute approximate surface area is 162 Å². The molecule has 0 saturated carbocycles. The summed E-state index contributed by atoms with van der Waals surface area (Å²) in [5, 5.41) is 2.96. The molecule has 6 heteroatoms. The number of hydrogen-bond acceptors (Lipinski definition) is 4. The van der Waals surface area contributed by atoms with Gasteiger partial charge in [-0.1, -0.05) is 28.1 Å². The Morgan fingerprint density at radius 2 is 1.62 bits per heavy atom. The third-order valence-corrected chi connectivity index (χ3v) is 4.81. The summed E-state index contributed by atoms with van der Waals surface area (Å²) < 4.78 is 16.7. The van der Waals surface area contributed by atoms with Crippen molar-refractivity contribution in [2.24, 2.45) is 0 Å². The molecule has 0 atom stereocenters. The number of nitrogens with one attached hydrogen (secondary N) is 1. The summed E-state index contributed by atoms with van der Waals surface area (Å²) in [6.07, 6.45) is 1.87. The van der Waals surface area contributed by atoms with E-state index in [1.807, 2.05) is 36.4 Å². The Morgan fingerprint density at radius 1 is 0.962 bits per heavy atom. The van der Waals surface area contributed by atoms with Crippen LogP contribution < -0.4 is 19.5 Å². The third-order valence-electron chi connectivity index (χ3n) is 4.07. The number of rotatable bonds is 9. The van der Waals surface area contributed by atoms with Crippen molar-refractivity contribution < 1.29 is 19.0 Å². The Hall–Kier alpha value is -2.21. The van der Waals surface area contributed by atoms with Gasteiger partial charge in [0.05, 0.1) is 21.3 Å². The van der Waals surface area contributed by atoms with Gasteiger partial charge < -0.3 is 19.5 Å². The van der Waals surface area contributed by atoms with Crippen molar-refractivity contribution in [1.82, 2.24) is 5.32 Å². The number of hydrogen-bond donors (Lipinski definition) is 1. The lowest BCUT2D eigenvalue weighted by Gasteiger charge is -2.12.